The lowest BCUT2D eigenvalue weighted by atomic mass is 10.1. The van der Waals surface area contributed by atoms with Crippen LogP contribution in [0.5, 0.6) is 0 Å². The summed E-state index contributed by atoms with van der Waals surface area (Å²) in [6.45, 7) is 0. The Hall–Kier alpha value is -1.31. The molecule has 4 nitrogen and oxygen atoms in total. The van der Waals surface area contributed by atoms with Gasteiger partial charge in [-0.25, -0.2) is 0 Å². The van der Waals surface area contributed by atoms with Crippen LogP contribution in [0, 0.1) is 21.4 Å². The van der Waals surface area contributed by atoms with E-state index in [1.807, 2.05) is 0 Å². The third-order valence-corrected chi connectivity index (χ3v) is 2.17. The van der Waals surface area contributed by atoms with E-state index in [1.54, 1.807) is 6.07 Å². The van der Waals surface area contributed by atoms with Gasteiger partial charge in [-0.15, -0.1) is 0 Å². The number of alkyl halides is 2. The number of nitro groups is 1. The van der Waals surface area contributed by atoms with Gasteiger partial charge in [0.15, 0.2) is 0 Å². The summed E-state index contributed by atoms with van der Waals surface area (Å²) in [6, 6.07) is 7.46. The molecule has 0 bridgehead atoms. The number of rotatable bonds is 3. The summed E-state index contributed by atoms with van der Waals surface area (Å²) in [7, 11) is 0. The molecule has 0 N–H and O–H groups in total. The highest BCUT2D eigenvalue weighted by Crippen LogP contribution is 2.25. The van der Waals surface area contributed by atoms with Crippen LogP contribution in [0.4, 0.5) is 5.69 Å². The van der Waals surface area contributed by atoms with Crippen LogP contribution < -0.4 is 0 Å². The van der Waals surface area contributed by atoms with E-state index in [9.17, 15) is 10.1 Å². The number of nitriles is 1. The molecule has 1 rings (SSSR count). The van der Waals surface area contributed by atoms with Gasteiger partial charge in [0.2, 0.25) is 4.33 Å². The Labute approximate surface area is 96.2 Å². The van der Waals surface area contributed by atoms with Crippen molar-refractivity contribution in [1.82, 2.24) is 0 Å². The van der Waals surface area contributed by atoms with Crippen molar-refractivity contribution in [2.45, 2.75) is 10.8 Å². The SMILES string of the molecule is N#CC(Cl)(Cl)Cc1ccc([N+](=O)[O-])cc1. The van der Waals surface area contributed by atoms with Gasteiger partial charge in [0.25, 0.3) is 5.69 Å². The molecule has 6 heteroatoms. The third kappa shape index (κ3) is 3.39. The summed E-state index contributed by atoms with van der Waals surface area (Å²) in [5.74, 6) is 0. The van der Waals surface area contributed by atoms with Crippen LogP contribution in [-0.2, 0) is 6.42 Å². The highest BCUT2D eigenvalue weighted by molar-refractivity contribution is 6.50. The maximum absolute atomic E-state index is 10.4. The average molecular weight is 245 g/mol. The third-order valence-electron chi connectivity index (χ3n) is 1.74. The molecule has 0 spiro atoms. The summed E-state index contributed by atoms with van der Waals surface area (Å²) < 4.78 is -1.49. The summed E-state index contributed by atoms with van der Waals surface area (Å²) in [6.07, 6.45) is 0.130. The average Bonchev–Trinajstić information content (AvgIpc) is 2.18. The van der Waals surface area contributed by atoms with Gasteiger partial charge >= 0.3 is 0 Å². The maximum atomic E-state index is 10.4. The Kier molecular flexibility index (Phi) is 3.51. The van der Waals surface area contributed by atoms with Gasteiger partial charge in [0.1, 0.15) is 6.07 Å². The first kappa shape index (κ1) is 11.8. The van der Waals surface area contributed by atoms with Gasteiger partial charge < -0.3 is 0 Å². The first-order valence-corrected chi connectivity index (χ1v) is 4.72. The van der Waals surface area contributed by atoms with Crippen LogP contribution in [0.2, 0.25) is 0 Å². The molecule has 0 saturated heterocycles. The van der Waals surface area contributed by atoms with Crippen LogP contribution in [-0.4, -0.2) is 9.26 Å². The lowest BCUT2D eigenvalue weighted by Crippen LogP contribution is -2.12. The van der Waals surface area contributed by atoms with E-state index < -0.39 is 9.26 Å². The minimum Gasteiger partial charge on any atom is -0.258 e. The molecule has 1 aromatic rings. The fourth-order valence-corrected chi connectivity index (χ4v) is 1.34. The zero-order valence-corrected chi connectivity index (χ0v) is 9.00. The molecule has 78 valence electrons. The Balaban J connectivity index is 2.83. The number of non-ortho nitro benzene ring substituents is 1. The number of hydrogen-bond donors (Lipinski definition) is 0. The summed E-state index contributed by atoms with van der Waals surface area (Å²) in [5, 5.41) is 18.9. The first-order valence-electron chi connectivity index (χ1n) is 3.97. The van der Waals surface area contributed by atoms with E-state index in [0.29, 0.717) is 5.56 Å². The molecule has 0 unspecified atom stereocenters. The standard InChI is InChI=1S/C9H6Cl2N2O2/c10-9(11,6-12)5-7-1-3-8(4-2-7)13(14)15/h1-4H,5H2. The van der Waals surface area contributed by atoms with Crippen molar-refractivity contribution in [2.75, 3.05) is 0 Å². The fourth-order valence-electron chi connectivity index (χ4n) is 1.03. The number of nitro benzene ring substituents is 1. The maximum Gasteiger partial charge on any atom is 0.269 e. The second-order valence-corrected chi connectivity index (χ2v) is 4.40. The Morgan fingerprint density at radius 2 is 1.93 bits per heavy atom. The van der Waals surface area contributed by atoms with Gasteiger partial charge in [-0.2, -0.15) is 5.26 Å². The number of halogens is 2. The Bertz CT molecular complexity index is 409. The summed E-state index contributed by atoms with van der Waals surface area (Å²) in [4.78, 5) is 9.86. The van der Waals surface area contributed by atoms with Gasteiger partial charge in [0, 0.05) is 18.6 Å². The Morgan fingerprint density at radius 1 is 1.40 bits per heavy atom. The minimum atomic E-state index is -1.49. The van der Waals surface area contributed by atoms with Gasteiger partial charge in [-0.3, -0.25) is 10.1 Å². The smallest absolute Gasteiger partial charge is 0.258 e. The van der Waals surface area contributed by atoms with E-state index in [-0.39, 0.29) is 12.1 Å². The first-order chi connectivity index (χ1) is 6.94. The zero-order valence-electron chi connectivity index (χ0n) is 7.48. The van der Waals surface area contributed by atoms with Crippen molar-refractivity contribution in [3.8, 4) is 6.07 Å². The topological polar surface area (TPSA) is 66.9 Å². The Morgan fingerprint density at radius 3 is 2.33 bits per heavy atom. The monoisotopic (exact) mass is 244 g/mol. The lowest BCUT2D eigenvalue weighted by Gasteiger charge is -2.09. The van der Waals surface area contributed by atoms with Crippen LogP contribution in [0.1, 0.15) is 5.56 Å². The molecular weight excluding hydrogens is 239 g/mol. The number of benzene rings is 1. The van der Waals surface area contributed by atoms with Crippen molar-refractivity contribution in [2.24, 2.45) is 0 Å². The van der Waals surface area contributed by atoms with E-state index in [1.165, 1.54) is 24.3 Å². The van der Waals surface area contributed by atoms with Gasteiger partial charge in [-0.05, 0) is 5.56 Å². The molecule has 0 fully saturated rings. The molecule has 0 aliphatic heterocycles. The molecule has 0 radical (unpaired) electrons. The molecular formula is C9H6Cl2N2O2. The van der Waals surface area contributed by atoms with Crippen LogP contribution in [0.3, 0.4) is 0 Å². The lowest BCUT2D eigenvalue weighted by molar-refractivity contribution is -0.384. The molecule has 0 aliphatic rings. The predicted octanol–water partition coefficient (Wildman–Crippen LogP) is 2.83. The molecule has 0 aliphatic carbocycles. The van der Waals surface area contributed by atoms with E-state index in [4.69, 9.17) is 28.5 Å². The number of nitrogens with zero attached hydrogens (tertiary/aromatic N) is 2. The highest BCUT2D eigenvalue weighted by atomic mass is 35.5. The summed E-state index contributed by atoms with van der Waals surface area (Å²) >= 11 is 11.3. The van der Waals surface area contributed by atoms with Crippen molar-refractivity contribution in [3.05, 3.63) is 39.9 Å². The van der Waals surface area contributed by atoms with Crippen LogP contribution in [0.25, 0.3) is 0 Å². The molecule has 15 heavy (non-hydrogen) atoms. The molecule has 0 atom stereocenters. The van der Waals surface area contributed by atoms with Crippen molar-refractivity contribution in [3.63, 3.8) is 0 Å². The number of hydrogen-bond acceptors (Lipinski definition) is 3. The highest BCUT2D eigenvalue weighted by Gasteiger charge is 2.23. The van der Waals surface area contributed by atoms with Crippen molar-refractivity contribution < 1.29 is 4.92 Å². The molecule has 0 aromatic heterocycles. The van der Waals surface area contributed by atoms with E-state index >= 15 is 0 Å². The van der Waals surface area contributed by atoms with Crippen molar-refractivity contribution >= 4 is 28.9 Å². The van der Waals surface area contributed by atoms with Crippen molar-refractivity contribution in [1.29, 1.82) is 5.26 Å². The van der Waals surface area contributed by atoms with Gasteiger partial charge in [-0.1, -0.05) is 35.3 Å². The largest absolute Gasteiger partial charge is 0.269 e. The normalized spacial score (nSPS) is 10.7. The quantitative estimate of drug-likeness (QED) is 0.467. The van der Waals surface area contributed by atoms with E-state index in [0.717, 1.165) is 0 Å². The molecule has 0 amide bonds. The molecule has 1 aromatic carbocycles. The summed E-state index contributed by atoms with van der Waals surface area (Å²) in [5.41, 5.74) is 0.664. The minimum absolute atomic E-state index is 0.00884. The van der Waals surface area contributed by atoms with Crippen LogP contribution in [0.15, 0.2) is 24.3 Å². The predicted molar refractivity (Wildman–Crippen MR) is 56.9 cm³/mol. The van der Waals surface area contributed by atoms with Crippen LogP contribution >= 0.6 is 23.2 Å². The second-order valence-electron chi connectivity index (χ2n) is 2.92. The second kappa shape index (κ2) is 4.47. The molecule has 0 saturated carbocycles. The molecule has 0 heterocycles. The fraction of sp³-hybridized carbons (Fsp3) is 0.222. The van der Waals surface area contributed by atoms with Gasteiger partial charge in [0.05, 0.1) is 4.92 Å². The van der Waals surface area contributed by atoms with E-state index in [2.05, 4.69) is 0 Å². The zero-order chi connectivity index (χ0) is 11.5.